The average molecular weight is 320 g/mol. The molecule has 0 radical (unpaired) electrons. The Kier molecular flexibility index (Phi) is 7.81. The third kappa shape index (κ3) is 8.18. The summed E-state index contributed by atoms with van der Waals surface area (Å²) in [7, 11) is 0. The van der Waals surface area contributed by atoms with Crippen LogP contribution in [0, 0.1) is 0 Å². The van der Waals surface area contributed by atoms with Gasteiger partial charge in [0.1, 0.15) is 18.0 Å². The highest BCUT2D eigenvalue weighted by molar-refractivity contribution is 5.72. The minimum absolute atomic E-state index is 0.112. The number of carboxylic acids is 1. The van der Waals surface area contributed by atoms with Crippen LogP contribution in [-0.4, -0.2) is 46.1 Å². The van der Waals surface area contributed by atoms with E-state index in [1.54, 1.807) is 36.4 Å². The second-order valence-electron chi connectivity index (χ2n) is 4.49. The molecule has 2 rings (SSSR count). The number of nitrogens with one attached hydrogen (secondary N) is 2. The standard InChI is InChI=1S/C8H9NO3.C8H11NO2/c10-7-3-1-6(2-4-7)9-5-8(11)12;10-6-5-9-7-1-3-8(11)4-2-7/h1-4,9-10H,5H2,(H,11,12);1-4,9-11H,5-6H2. The number of aliphatic carboxylic acids is 1. The van der Waals surface area contributed by atoms with Crippen molar-refractivity contribution in [3.05, 3.63) is 48.5 Å². The van der Waals surface area contributed by atoms with Crippen molar-refractivity contribution in [3.8, 4) is 11.5 Å². The summed E-state index contributed by atoms with van der Waals surface area (Å²) in [5.41, 5.74) is 1.58. The largest absolute Gasteiger partial charge is 0.508 e. The van der Waals surface area contributed by atoms with Gasteiger partial charge in [-0.2, -0.15) is 0 Å². The zero-order chi connectivity index (χ0) is 17.1. The molecule has 0 heterocycles. The Labute approximate surface area is 133 Å². The number of anilines is 2. The summed E-state index contributed by atoms with van der Waals surface area (Å²) in [5, 5.41) is 40.2. The lowest BCUT2D eigenvalue weighted by Gasteiger charge is -2.02. The van der Waals surface area contributed by atoms with E-state index in [1.807, 2.05) is 0 Å². The minimum Gasteiger partial charge on any atom is -0.508 e. The van der Waals surface area contributed by atoms with E-state index in [1.165, 1.54) is 12.1 Å². The number of rotatable bonds is 6. The van der Waals surface area contributed by atoms with E-state index in [2.05, 4.69) is 10.6 Å². The predicted molar refractivity (Wildman–Crippen MR) is 87.9 cm³/mol. The van der Waals surface area contributed by atoms with E-state index in [4.69, 9.17) is 20.4 Å². The van der Waals surface area contributed by atoms with Gasteiger partial charge in [-0.3, -0.25) is 4.79 Å². The first-order chi connectivity index (χ1) is 11.0. The van der Waals surface area contributed by atoms with Crippen LogP contribution in [0.25, 0.3) is 0 Å². The maximum absolute atomic E-state index is 10.1. The highest BCUT2D eigenvalue weighted by atomic mass is 16.4. The van der Waals surface area contributed by atoms with Crippen molar-refractivity contribution in [1.82, 2.24) is 0 Å². The van der Waals surface area contributed by atoms with Gasteiger partial charge in [0.25, 0.3) is 0 Å². The van der Waals surface area contributed by atoms with Crippen LogP contribution >= 0.6 is 0 Å². The van der Waals surface area contributed by atoms with Crippen LogP contribution in [0.4, 0.5) is 11.4 Å². The number of aromatic hydroxyl groups is 2. The van der Waals surface area contributed by atoms with Crippen LogP contribution in [-0.2, 0) is 4.79 Å². The van der Waals surface area contributed by atoms with E-state index in [0.717, 1.165) is 5.69 Å². The van der Waals surface area contributed by atoms with E-state index in [-0.39, 0.29) is 24.7 Å². The van der Waals surface area contributed by atoms with Crippen molar-refractivity contribution in [2.75, 3.05) is 30.3 Å². The molecule has 0 spiro atoms. The maximum atomic E-state index is 10.1. The zero-order valence-electron chi connectivity index (χ0n) is 12.4. The smallest absolute Gasteiger partial charge is 0.322 e. The first-order valence-corrected chi connectivity index (χ1v) is 6.89. The lowest BCUT2D eigenvalue weighted by atomic mass is 10.3. The number of carbonyl (C=O) groups is 1. The second kappa shape index (κ2) is 9.91. The Balaban J connectivity index is 0.000000231. The summed E-state index contributed by atoms with van der Waals surface area (Å²) in [4.78, 5) is 10.1. The van der Waals surface area contributed by atoms with Crippen LogP contribution in [0.5, 0.6) is 11.5 Å². The number of phenolic OH excluding ortho intramolecular Hbond substituents is 2. The molecule has 0 aliphatic carbocycles. The van der Waals surface area contributed by atoms with Crippen LogP contribution in [0.1, 0.15) is 0 Å². The van der Waals surface area contributed by atoms with Gasteiger partial charge in [-0.15, -0.1) is 0 Å². The zero-order valence-corrected chi connectivity index (χ0v) is 12.4. The first-order valence-electron chi connectivity index (χ1n) is 6.89. The SMILES string of the molecule is O=C(O)CNc1ccc(O)cc1.OCCNc1ccc(O)cc1. The Hall–Kier alpha value is -2.93. The molecule has 0 bridgehead atoms. The molecule has 7 nitrogen and oxygen atoms in total. The topological polar surface area (TPSA) is 122 Å². The fourth-order valence-corrected chi connectivity index (χ4v) is 1.54. The third-order valence-electron chi connectivity index (χ3n) is 2.62. The van der Waals surface area contributed by atoms with Crippen molar-refractivity contribution >= 4 is 17.3 Å². The van der Waals surface area contributed by atoms with Gasteiger partial charge in [0.2, 0.25) is 0 Å². The fourth-order valence-electron chi connectivity index (χ4n) is 1.54. The van der Waals surface area contributed by atoms with Crippen molar-refractivity contribution in [1.29, 1.82) is 0 Å². The molecule has 23 heavy (non-hydrogen) atoms. The minimum atomic E-state index is -0.914. The van der Waals surface area contributed by atoms with Crippen molar-refractivity contribution < 1.29 is 25.2 Å². The molecule has 0 atom stereocenters. The number of carboxylic acid groups (broad SMARTS) is 1. The summed E-state index contributed by atoms with van der Waals surface area (Å²) in [5.74, 6) is -0.501. The molecule has 0 aromatic heterocycles. The van der Waals surface area contributed by atoms with Gasteiger partial charge in [-0.25, -0.2) is 0 Å². The molecule has 0 saturated heterocycles. The Bertz CT molecular complexity index is 584. The first kappa shape index (κ1) is 18.1. The van der Waals surface area contributed by atoms with E-state index < -0.39 is 5.97 Å². The lowest BCUT2D eigenvalue weighted by Crippen LogP contribution is -2.11. The van der Waals surface area contributed by atoms with Crippen LogP contribution in [0.3, 0.4) is 0 Å². The number of phenols is 2. The summed E-state index contributed by atoms with van der Waals surface area (Å²) >= 11 is 0. The number of aliphatic hydroxyl groups is 1. The Morgan fingerprint density at radius 1 is 0.826 bits per heavy atom. The molecule has 0 fully saturated rings. The second-order valence-corrected chi connectivity index (χ2v) is 4.49. The third-order valence-corrected chi connectivity index (χ3v) is 2.62. The van der Waals surface area contributed by atoms with E-state index in [9.17, 15) is 4.79 Å². The molecule has 0 unspecified atom stereocenters. The molecule has 2 aromatic rings. The average Bonchev–Trinajstić information content (AvgIpc) is 2.54. The Morgan fingerprint density at radius 2 is 1.26 bits per heavy atom. The quantitative estimate of drug-likeness (QED) is 0.448. The van der Waals surface area contributed by atoms with E-state index in [0.29, 0.717) is 12.2 Å². The van der Waals surface area contributed by atoms with Crippen LogP contribution < -0.4 is 10.6 Å². The van der Waals surface area contributed by atoms with Gasteiger partial charge >= 0.3 is 5.97 Å². The lowest BCUT2D eigenvalue weighted by molar-refractivity contribution is -0.134. The normalized spacial score (nSPS) is 9.43. The predicted octanol–water partition coefficient (Wildman–Crippen LogP) is 1.69. The molecular weight excluding hydrogens is 300 g/mol. The Morgan fingerprint density at radius 3 is 1.65 bits per heavy atom. The number of benzene rings is 2. The summed E-state index contributed by atoms with van der Waals surface area (Å²) in [6.07, 6.45) is 0. The number of aliphatic hydroxyl groups excluding tert-OH is 1. The number of hydrogen-bond donors (Lipinski definition) is 6. The molecule has 6 N–H and O–H groups in total. The molecule has 0 saturated carbocycles. The monoisotopic (exact) mass is 320 g/mol. The van der Waals surface area contributed by atoms with Crippen LogP contribution in [0.2, 0.25) is 0 Å². The molecule has 0 aliphatic heterocycles. The fraction of sp³-hybridized carbons (Fsp3) is 0.188. The van der Waals surface area contributed by atoms with Gasteiger partial charge in [0, 0.05) is 17.9 Å². The highest BCUT2D eigenvalue weighted by Crippen LogP contribution is 2.13. The molecule has 0 aliphatic rings. The summed E-state index contributed by atoms with van der Waals surface area (Å²) in [6, 6.07) is 12.9. The van der Waals surface area contributed by atoms with Crippen molar-refractivity contribution in [2.45, 2.75) is 0 Å². The van der Waals surface area contributed by atoms with Crippen LogP contribution in [0.15, 0.2) is 48.5 Å². The molecule has 124 valence electrons. The maximum Gasteiger partial charge on any atom is 0.322 e. The van der Waals surface area contributed by atoms with Gasteiger partial charge in [0.05, 0.1) is 6.61 Å². The summed E-state index contributed by atoms with van der Waals surface area (Å²) in [6.45, 7) is 0.524. The molecular formula is C16H20N2O5. The molecule has 2 aromatic carbocycles. The van der Waals surface area contributed by atoms with E-state index >= 15 is 0 Å². The van der Waals surface area contributed by atoms with Gasteiger partial charge < -0.3 is 31.1 Å². The van der Waals surface area contributed by atoms with Gasteiger partial charge in [-0.05, 0) is 48.5 Å². The van der Waals surface area contributed by atoms with Gasteiger partial charge in [-0.1, -0.05) is 0 Å². The van der Waals surface area contributed by atoms with Gasteiger partial charge in [0.15, 0.2) is 0 Å². The van der Waals surface area contributed by atoms with Crippen molar-refractivity contribution in [3.63, 3.8) is 0 Å². The molecule has 7 heteroatoms. The summed E-state index contributed by atoms with van der Waals surface area (Å²) < 4.78 is 0. The molecule has 0 amide bonds. The highest BCUT2D eigenvalue weighted by Gasteiger charge is 1.95. The van der Waals surface area contributed by atoms with Crippen molar-refractivity contribution in [2.24, 2.45) is 0 Å². The number of hydrogen-bond acceptors (Lipinski definition) is 6.